The van der Waals surface area contributed by atoms with Gasteiger partial charge in [-0.05, 0) is 36.6 Å². The molecule has 0 spiro atoms. The average Bonchev–Trinajstić information content (AvgIpc) is 3.19. The van der Waals surface area contributed by atoms with E-state index >= 15 is 0 Å². The summed E-state index contributed by atoms with van der Waals surface area (Å²) < 4.78 is 41.4. The van der Waals surface area contributed by atoms with Crippen LogP contribution in [0.15, 0.2) is 28.6 Å². The van der Waals surface area contributed by atoms with Gasteiger partial charge in [-0.1, -0.05) is 12.8 Å². The van der Waals surface area contributed by atoms with Crippen LogP contribution < -0.4 is 4.72 Å². The van der Waals surface area contributed by atoms with Crippen molar-refractivity contribution in [3.8, 4) is 0 Å². The number of nitrogens with one attached hydrogen (secondary N) is 1. The zero-order valence-corrected chi connectivity index (χ0v) is 14.2. The van der Waals surface area contributed by atoms with Crippen LogP contribution in [0.5, 0.6) is 0 Å². The molecule has 0 aliphatic heterocycles. The first kappa shape index (κ1) is 17.0. The minimum Gasteiger partial charge on any atom is -0.284 e. The van der Waals surface area contributed by atoms with Crippen molar-refractivity contribution in [2.24, 2.45) is 10.3 Å². The molecule has 1 aliphatic rings. The first-order valence-corrected chi connectivity index (χ1v) is 10.9. The second kappa shape index (κ2) is 6.37. The topological polar surface area (TPSA) is 92.7 Å². The number of sulfonamides is 1. The first-order valence-electron chi connectivity index (χ1n) is 6.97. The molecule has 1 aromatic rings. The van der Waals surface area contributed by atoms with E-state index in [1.54, 1.807) is 0 Å². The van der Waals surface area contributed by atoms with Gasteiger partial charge >= 0.3 is 0 Å². The Morgan fingerprint density at radius 1 is 1.18 bits per heavy atom. The van der Waals surface area contributed by atoms with Crippen LogP contribution in [-0.4, -0.2) is 36.8 Å². The summed E-state index contributed by atoms with van der Waals surface area (Å²) in [7, 11) is -5.86. The molecular weight excluding hydrogens is 324 g/mol. The molecule has 22 heavy (non-hydrogen) atoms. The quantitative estimate of drug-likeness (QED) is 0.855. The SMILES string of the molecule is CS(C)(=O)=NC(=O)c1ccc(NS(=O)(=O)CCC2CC2)cc1. The highest BCUT2D eigenvalue weighted by atomic mass is 32.2. The van der Waals surface area contributed by atoms with Crippen LogP contribution in [0.25, 0.3) is 0 Å². The fourth-order valence-electron chi connectivity index (χ4n) is 1.89. The van der Waals surface area contributed by atoms with Crippen molar-refractivity contribution in [2.45, 2.75) is 19.3 Å². The third kappa shape index (κ3) is 5.76. The molecule has 1 fully saturated rings. The average molecular weight is 344 g/mol. The Hall–Kier alpha value is -1.41. The van der Waals surface area contributed by atoms with Crippen LogP contribution in [0.3, 0.4) is 0 Å². The van der Waals surface area contributed by atoms with Gasteiger partial charge in [-0.15, -0.1) is 0 Å². The molecule has 1 aliphatic carbocycles. The fourth-order valence-corrected chi connectivity index (χ4v) is 3.64. The van der Waals surface area contributed by atoms with Gasteiger partial charge in [0.25, 0.3) is 5.91 Å². The number of carbonyl (C=O) groups excluding carboxylic acids is 1. The Morgan fingerprint density at radius 3 is 2.27 bits per heavy atom. The minimum absolute atomic E-state index is 0.113. The summed E-state index contributed by atoms with van der Waals surface area (Å²) in [6.45, 7) is 0. The van der Waals surface area contributed by atoms with Crippen molar-refractivity contribution in [3.05, 3.63) is 29.8 Å². The second-order valence-corrected chi connectivity index (χ2v) is 10.2. The molecular formula is C14H20N2O4S2. The van der Waals surface area contributed by atoms with Gasteiger partial charge in [-0.3, -0.25) is 9.52 Å². The standard InChI is InChI=1S/C14H20N2O4S2/c1-21(2,18)16-14(17)12-5-7-13(8-6-12)15-22(19,20)10-9-11-3-4-11/h5-8,11,15H,3-4,9-10H2,1-2H3. The lowest BCUT2D eigenvalue weighted by Gasteiger charge is -2.08. The Bertz CT molecular complexity index is 764. The Morgan fingerprint density at radius 2 is 1.77 bits per heavy atom. The number of benzene rings is 1. The number of hydrogen-bond acceptors (Lipinski definition) is 4. The van der Waals surface area contributed by atoms with Gasteiger partial charge in [0.1, 0.15) is 0 Å². The highest BCUT2D eigenvalue weighted by molar-refractivity contribution is 7.92. The van der Waals surface area contributed by atoms with Gasteiger partial charge in [0.15, 0.2) is 0 Å². The highest BCUT2D eigenvalue weighted by Gasteiger charge is 2.23. The lowest BCUT2D eigenvalue weighted by molar-refractivity contribution is 0.100. The van der Waals surface area contributed by atoms with E-state index in [0.29, 0.717) is 18.0 Å². The number of hydrogen-bond donors (Lipinski definition) is 1. The molecule has 0 bridgehead atoms. The molecule has 8 heteroatoms. The first-order chi connectivity index (χ1) is 10.1. The maximum Gasteiger partial charge on any atom is 0.285 e. The second-order valence-electron chi connectivity index (χ2n) is 5.81. The summed E-state index contributed by atoms with van der Waals surface area (Å²) >= 11 is 0. The van der Waals surface area contributed by atoms with E-state index in [1.165, 1.54) is 36.8 Å². The summed E-state index contributed by atoms with van der Waals surface area (Å²) in [4.78, 5) is 11.8. The predicted octanol–water partition coefficient (Wildman–Crippen LogP) is 2.10. The summed E-state index contributed by atoms with van der Waals surface area (Å²) in [5, 5.41) is 0. The summed E-state index contributed by atoms with van der Waals surface area (Å²) in [5.74, 6) is 0.0933. The van der Waals surface area contributed by atoms with Gasteiger partial charge in [0, 0.05) is 33.5 Å². The van der Waals surface area contributed by atoms with Crippen LogP contribution in [-0.2, 0) is 19.8 Å². The molecule has 6 nitrogen and oxygen atoms in total. The van der Waals surface area contributed by atoms with Gasteiger partial charge in [-0.2, -0.15) is 4.36 Å². The van der Waals surface area contributed by atoms with Crippen molar-refractivity contribution in [3.63, 3.8) is 0 Å². The fraction of sp³-hybridized carbons (Fsp3) is 0.500. The zero-order valence-electron chi connectivity index (χ0n) is 12.6. The molecule has 1 amide bonds. The van der Waals surface area contributed by atoms with E-state index in [9.17, 15) is 17.4 Å². The third-order valence-corrected chi connectivity index (χ3v) is 5.13. The molecule has 0 atom stereocenters. The Balaban J connectivity index is 2.02. The Labute approximate surface area is 131 Å². The van der Waals surface area contributed by atoms with Crippen LogP contribution in [0, 0.1) is 5.92 Å². The van der Waals surface area contributed by atoms with E-state index in [-0.39, 0.29) is 11.3 Å². The van der Waals surface area contributed by atoms with E-state index in [0.717, 1.165) is 12.8 Å². The molecule has 0 saturated heterocycles. The zero-order chi connectivity index (χ0) is 16.4. The lowest BCUT2D eigenvalue weighted by atomic mass is 10.2. The number of rotatable bonds is 6. The molecule has 0 radical (unpaired) electrons. The predicted molar refractivity (Wildman–Crippen MR) is 87.9 cm³/mol. The van der Waals surface area contributed by atoms with Crippen LogP contribution in [0.4, 0.5) is 5.69 Å². The van der Waals surface area contributed by atoms with Crippen molar-refractivity contribution in [1.29, 1.82) is 0 Å². The number of amides is 1. The summed E-state index contributed by atoms with van der Waals surface area (Å²) in [6, 6.07) is 5.95. The van der Waals surface area contributed by atoms with Gasteiger partial charge in [-0.25, -0.2) is 12.6 Å². The van der Waals surface area contributed by atoms with E-state index in [2.05, 4.69) is 9.08 Å². The van der Waals surface area contributed by atoms with Gasteiger partial charge in [0.2, 0.25) is 10.0 Å². The largest absolute Gasteiger partial charge is 0.285 e. The monoisotopic (exact) mass is 344 g/mol. The molecule has 0 unspecified atom stereocenters. The highest BCUT2D eigenvalue weighted by Crippen LogP contribution is 2.32. The van der Waals surface area contributed by atoms with E-state index < -0.39 is 25.7 Å². The van der Waals surface area contributed by atoms with Crippen molar-refractivity contribution in [1.82, 2.24) is 0 Å². The summed E-state index contributed by atoms with van der Waals surface area (Å²) in [6.07, 6.45) is 5.69. The number of nitrogens with zero attached hydrogens (tertiary/aromatic N) is 1. The van der Waals surface area contributed by atoms with Crippen LogP contribution >= 0.6 is 0 Å². The van der Waals surface area contributed by atoms with E-state index in [4.69, 9.17) is 0 Å². The molecule has 0 heterocycles. The smallest absolute Gasteiger partial charge is 0.284 e. The van der Waals surface area contributed by atoms with Gasteiger partial charge in [0.05, 0.1) is 5.75 Å². The van der Waals surface area contributed by atoms with Crippen molar-refractivity contribution in [2.75, 3.05) is 23.0 Å². The molecule has 1 N–H and O–H groups in total. The van der Waals surface area contributed by atoms with Crippen molar-refractivity contribution < 1.29 is 17.4 Å². The Kier molecular flexibility index (Phi) is 4.91. The third-order valence-electron chi connectivity index (χ3n) is 3.20. The van der Waals surface area contributed by atoms with Crippen LogP contribution in [0.2, 0.25) is 0 Å². The summed E-state index contributed by atoms with van der Waals surface area (Å²) in [5.41, 5.74) is 0.679. The van der Waals surface area contributed by atoms with Gasteiger partial charge < -0.3 is 0 Å². The van der Waals surface area contributed by atoms with Crippen molar-refractivity contribution >= 4 is 31.3 Å². The molecule has 0 aromatic heterocycles. The van der Waals surface area contributed by atoms with E-state index in [1.807, 2.05) is 0 Å². The maximum atomic E-state index is 11.9. The normalized spacial score (nSPS) is 15.4. The molecule has 2 rings (SSSR count). The molecule has 1 aromatic carbocycles. The molecule has 1 saturated carbocycles. The molecule has 122 valence electrons. The minimum atomic E-state index is -3.36. The maximum absolute atomic E-state index is 11.9. The number of anilines is 1. The van der Waals surface area contributed by atoms with Crippen LogP contribution in [0.1, 0.15) is 29.6 Å². The lowest BCUT2D eigenvalue weighted by Crippen LogP contribution is -2.17. The number of carbonyl (C=O) groups is 1.